The lowest BCUT2D eigenvalue weighted by Crippen LogP contribution is -2.06. The molecule has 3 aromatic rings. The summed E-state index contributed by atoms with van der Waals surface area (Å²) in [7, 11) is 0. The quantitative estimate of drug-likeness (QED) is 0.623. The number of nitrogens with zero attached hydrogens (tertiary/aromatic N) is 2. The van der Waals surface area contributed by atoms with E-state index in [0.29, 0.717) is 0 Å². The average molecular weight is 253 g/mol. The van der Waals surface area contributed by atoms with Crippen LogP contribution in [-0.4, -0.2) is 21.5 Å². The number of rotatable bonds is 4. The number of aromatic nitrogens is 3. The molecule has 5 heteroatoms. The van der Waals surface area contributed by atoms with Crippen LogP contribution in [-0.2, 0) is 6.42 Å². The highest BCUT2D eigenvalue weighted by Crippen LogP contribution is 2.16. The molecular weight excluding hydrogens is 238 g/mol. The molecule has 0 unspecified atom stereocenters. The smallest absolute Gasteiger partial charge is 0.201 e. The van der Waals surface area contributed by atoms with Gasteiger partial charge in [0, 0.05) is 24.6 Å². The van der Waals surface area contributed by atoms with Crippen LogP contribution in [0.5, 0.6) is 0 Å². The molecule has 0 amide bonds. The maximum Gasteiger partial charge on any atom is 0.201 e. The Kier molecular flexibility index (Phi) is 3.02. The Bertz CT molecular complexity index is 675. The summed E-state index contributed by atoms with van der Waals surface area (Å²) in [4.78, 5) is 11.7. The molecule has 96 valence electrons. The summed E-state index contributed by atoms with van der Waals surface area (Å²) < 4.78 is 0. The van der Waals surface area contributed by atoms with Gasteiger partial charge in [0.25, 0.3) is 0 Å². The van der Waals surface area contributed by atoms with Gasteiger partial charge in [-0.05, 0) is 36.2 Å². The second kappa shape index (κ2) is 4.97. The Morgan fingerprint density at radius 3 is 3.05 bits per heavy atom. The molecule has 19 heavy (non-hydrogen) atoms. The molecule has 2 heterocycles. The number of fused-ring (bicyclic) bond motifs is 1. The number of nitrogen functional groups attached to an aromatic ring is 1. The van der Waals surface area contributed by atoms with Crippen molar-refractivity contribution >= 4 is 22.7 Å². The summed E-state index contributed by atoms with van der Waals surface area (Å²) in [6.45, 7) is 0.807. The Balaban J connectivity index is 1.65. The zero-order chi connectivity index (χ0) is 13.1. The molecule has 0 aliphatic heterocycles. The number of benzene rings is 1. The van der Waals surface area contributed by atoms with E-state index in [0.717, 1.165) is 35.6 Å². The van der Waals surface area contributed by atoms with Gasteiger partial charge in [0.05, 0.1) is 11.0 Å². The maximum absolute atomic E-state index is 5.73. The number of H-pyrrole nitrogens is 1. The van der Waals surface area contributed by atoms with Gasteiger partial charge in [-0.2, -0.15) is 0 Å². The van der Waals surface area contributed by atoms with E-state index in [1.807, 2.05) is 30.5 Å². The molecule has 3 rings (SSSR count). The fourth-order valence-corrected chi connectivity index (χ4v) is 1.98. The number of anilines is 2. The van der Waals surface area contributed by atoms with Crippen LogP contribution in [0.1, 0.15) is 5.56 Å². The highest BCUT2D eigenvalue weighted by Gasteiger charge is 2.02. The zero-order valence-electron chi connectivity index (χ0n) is 10.4. The van der Waals surface area contributed by atoms with Crippen molar-refractivity contribution in [2.24, 2.45) is 0 Å². The number of pyridine rings is 1. The minimum absolute atomic E-state index is 0.734. The van der Waals surface area contributed by atoms with E-state index in [4.69, 9.17) is 5.73 Å². The number of aromatic amines is 1. The van der Waals surface area contributed by atoms with Gasteiger partial charge < -0.3 is 16.0 Å². The van der Waals surface area contributed by atoms with Crippen LogP contribution in [0, 0.1) is 0 Å². The minimum atomic E-state index is 0.734. The van der Waals surface area contributed by atoms with Gasteiger partial charge in [0.2, 0.25) is 5.95 Å². The van der Waals surface area contributed by atoms with Gasteiger partial charge in [-0.15, -0.1) is 0 Å². The van der Waals surface area contributed by atoms with E-state index in [2.05, 4.69) is 26.3 Å². The third-order valence-electron chi connectivity index (χ3n) is 2.93. The SMILES string of the molecule is Nc1ccc2nc(NCCc3cccnc3)[nH]c2c1. The number of imidazole rings is 1. The molecule has 0 spiro atoms. The minimum Gasteiger partial charge on any atom is -0.399 e. The third-order valence-corrected chi connectivity index (χ3v) is 2.93. The van der Waals surface area contributed by atoms with Gasteiger partial charge >= 0.3 is 0 Å². The van der Waals surface area contributed by atoms with Gasteiger partial charge in [-0.1, -0.05) is 6.07 Å². The molecular formula is C14H15N5. The summed E-state index contributed by atoms with van der Waals surface area (Å²) >= 11 is 0. The fourth-order valence-electron chi connectivity index (χ4n) is 1.98. The van der Waals surface area contributed by atoms with Crippen LogP contribution in [0.3, 0.4) is 0 Å². The molecule has 0 saturated heterocycles. The van der Waals surface area contributed by atoms with Crippen molar-refractivity contribution in [1.82, 2.24) is 15.0 Å². The van der Waals surface area contributed by atoms with Crippen molar-refractivity contribution in [3.8, 4) is 0 Å². The largest absolute Gasteiger partial charge is 0.399 e. The van der Waals surface area contributed by atoms with Gasteiger partial charge in [-0.25, -0.2) is 4.98 Å². The Labute approximate surface area is 110 Å². The predicted molar refractivity (Wildman–Crippen MR) is 76.9 cm³/mol. The summed E-state index contributed by atoms with van der Waals surface area (Å²) in [6.07, 6.45) is 4.56. The molecule has 1 aromatic carbocycles. The first-order valence-corrected chi connectivity index (χ1v) is 6.19. The Morgan fingerprint density at radius 1 is 1.26 bits per heavy atom. The predicted octanol–water partition coefficient (Wildman–Crippen LogP) is 2.19. The van der Waals surface area contributed by atoms with Crippen LogP contribution in [0.25, 0.3) is 11.0 Å². The molecule has 5 nitrogen and oxygen atoms in total. The van der Waals surface area contributed by atoms with Crippen molar-refractivity contribution in [3.63, 3.8) is 0 Å². The van der Waals surface area contributed by atoms with Crippen LogP contribution in [0.2, 0.25) is 0 Å². The van der Waals surface area contributed by atoms with Gasteiger partial charge in [-0.3, -0.25) is 4.98 Å². The standard InChI is InChI=1S/C14H15N5/c15-11-3-4-12-13(8-11)19-14(18-12)17-7-5-10-2-1-6-16-9-10/h1-4,6,8-9H,5,7,15H2,(H2,17,18,19). The van der Waals surface area contributed by atoms with Gasteiger partial charge in [0.15, 0.2) is 0 Å². The topological polar surface area (TPSA) is 79.6 Å². The fraction of sp³-hybridized carbons (Fsp3) is 0.143. The van der Waals surface area contributed by atoms with Crippen LogP contribution >= 0.6 is 0 Å². The van der Waals surface area contributed by atoms with Crippen molar-refractivity contribution in [2.45, 2.75) is 6.42 Å². The van der Waals surface area contributed by atoms with E-state index < -0.39 is 0 Å². The number of nitrogens with two attached hydrogens (primary N) is 1. The van der Waals surface area contributed by atoms with Crippen LogP contribution < -0.4 is 11.1 Å². The lowest BCUT2D eigenvalue weighted by Gasteiger charge is -2.02. The van der Waals surface area contributed by atoms with Crippen molar-refractivity contribution in [1.29, 1.82) is 0 Å². The van der Waals surface area contributed by atoms with Crippen LogP contribution in [0.15, 0.2) is 42.7 Å². The van der Waals surface area contributed by atoms with Crippen molar-refractivity contribution in [3.05, 3.63) is 48.3 Å². The number of hydrogen-bond donors (Lipinski definition) is 3. The molecule has 0 aliphatic carbocycles. The monoisotopic (exact) mass is 253 g/mol. The Morgan fingerprint density at radius 2 is 2.21 bits per heavy atom. The third kappa shape index (κ3) is 2.65. The lowest BCUT2D eigenvalue weighted by molar-refractivity contribution is 0.988. The van der Waals surface area contributed by atoms with Crippen molar-refractivity contribution in [2.75, 3.05) is 17.6 Å². The molecule has 4 N–H and O–H groups in total. The first kappa shape index (κ1) is 11.5. The second-order valence-corrected chi connectivity index (χ2v) is 4.40. The molecule has 0 radical (unpaired) electrons. The summed E-state index contributed by atoms with van der Waals surface area (Å²) in [5.74, 6) is 0.768. The van der Waals surface area contributed by atoms with Crippen molar-refractivity contribution < 1.29 is 0 Å². The van der Waals surface area contributed by atoms with E-state index in [-0.39, 0.29) is 0 Å². The summed E-state index contributed by atoms with van der Waals surface area (Å²) in [6, 6.07) is 9.65. The summed E-state index contributed by atoms with van der Waals surface area (Å²) in [5, 5.41) is 3.27. The van der Waals surface area contributed by atoms with Crippen LogP contribution in [0.4, 0.5) is 11.6 Å². The first-order valence-electron chi connectivity index (χ1n) is 6.19. The normalized spacial score (nSPS) is 10.7. The number of hydrogen-bond acceptors (Lipinski definition) is 4. The Hall–Kier alpha value is -2.56. The molecule has 0 atom stereocenters. The lowest BCUT2D eigenvalue weighted by atomic mass is 10.2. The highest BCUT2D eigenvalue weighted by molar-refractivity contribution is 5.80. The molecule has 0 saturated carbocycles. The first-order chi connectivity index (χ1) is 9.31. The summed E-state index contributed by atoms with van der Waals surface area (Å²) in [5.41, 5.74) is 9.54. The van der Waals surface area contributed by atoms with E-state index in [9.17, 15) is 0 Å². The molecule has 2 aromatic heterocycles. The molecule has 0 fully saturated rings. The van der Waals surface area contributed by atoms with E-state index in [1.54, 1.807) is 6.20 Å². The maximum atomic E-state index is 5.73. The van der Waals surface area contributed by atoms with E-state index >= 15 is 0 Å². The van der Waals surface area contributed by atoms with Gasteiger partial charge in [0.1, 0.15) is 0 Å². The van der Waals surface area contributed by atoms with E-state index in [1.165, 1.54) is 5.56 Å². The molecule has 0 aliphatic rings. The highest BCUT2D eigenvalue weighted by atomic mass is 15.1. The molecule has 0 bridgehead atoms. The second-order valence-electron chi connectivity index (χ2n) is 4.40. The number of nitrogens with one attached hydrogen (secondary N) is 2. The average Bonchev–Trinajstić information content (AvgIpc) is 2.82. The zero-order valence-corrected chi connectivity index (χ0v) is 10.4.